The Morgan fingerprint density at radius 2 is 2.36 bits per heavy atom. The number of aromatic nitrogens is 4. The second-order valence-corrected chi connectivity index (χ2v) is 2.13. The minimum atomic E-state index is 0.407. The van der Waals surface area contributed by atoms with Gasteiger partial charge in [-0.3, -0.25) is 0 Å². The van der Waals surface area contributed by atoms with Gasteiger partial charge in [0.2, 0.25) is 0 Å². The molecule has 0 unspecified atom stereocenters. The molecule has 5 nitrogen and oxygen atoms in total. The van der Waals surface area contributed by atoms with E-state index in [0.717, 1.165) is 5.52 Å². The highest BCUT2D eigenvalue weighted by molar-refractivity contribution is 5.68. The summed E-state index contributed by atoms with van der Waals surface area (Å²) in [6, 6.07) is 0. The van der Waals surface area contributed by atoms with Gasteiger partial charge in [-0.25, -0.2) is 15.0 Å². The maximum Gasteiger partial charge on any atom is 0.180 e. The van der Waals surface area contributed by atoms with Gasteiger partial charge in [0.25, 0.3) is 0 Å². The van der Waals surface area contributed by atoms with Crippen LogP contribution in [0.25, 0.3) is 11.2 Å². The van der Waals surface area contributed by atoms with Gasteiger partial charge in [0, 0.05) is 0 Å². The maximum atomic E-state index is 5.43. The number of imidazole rings is 1. The van der Waals surface area contributed by atoms with E-state index in [1.165, 1.54) is 6.33 Å². The summed E-state index contributed by atoms with van der Waals surface area (Å²) in [6.45, 7) is 0.407. The highest BCUT2D eigenvalue weighted by Gasteiger charge is 1.99. The molecule has 0 aliphatic heterocycles. The molecule has 0 spiro atoms. The van der Waals surface area contributed by atoms with Gasteiger partial charge in [0.15, 0.2) is 5.65 Å². The minimum Gasteiger partial charge on any atom is -0.315 e. The topological polar surface area (TPSA) is 69.6 Å². The predicted octanol–water partition coefficient (Wildman–Crippen LogP) is -0.258. The molecule has 0 aliphatic carbocycles. The summed E-state index contributed by atoms with van der Waals surface area (Å²) in [7, 11) is 0. The fourth-order valence-corrected chi connectivity index (χ4v) is 0.950. The second kappa shape index (κ2) is 2.28. The van der Waals surface area contributed by atoms with E-state index in [4.69, 9.17) is 5.73 Å². The monoisotopic (exact) mass is 149 g/mol. The van der Waals surface area contributed by atoms with Crippen LogP contribution in [0.15, 0.2) is 18.9 Å². The highest BCUT2D eigenvalue weighted by atomic mass is 15.1. The van der Waals surface area contributed by atoms with Crippen molar-refractivity contribution in [2.45, 2.75) is 6.67 Å². The number of nitrogens with two attached hydrogens (primary N) is 1. The Bertz CT molecular complexity index is 366. The molecule has 2 heterocycles. The molecule has 2 aromatic heterocycles. The first kappa shape index (κ1) is 6.23. The van der Waals surface area contributed by atoms with Crippen LogP contribution < -0.4 is 5.73 Å². The summed E-state index contributed by atoms with van der Waals surface area (Å²) in [5, 5.41) is 0. The third-order valence-electron chi connectivity index (χ3n) is 1.50. The van der Waals surface area contributed by atoms with Gasteiger partial charge >= 0.3 is 0 Å². The Labute approximate surface area is 62.9 Å². The van der Waals surface area contributed by atoms with E-state index in [2.05, 4.69) is 15.0 Å². The molecule has 2 N–H and O–H groups in total. The fraction of sp³-hybridized carbons (Fsp3) is 0.167. The van der Waals surface area contributed by atoms with Crippen molar-refractivity contribution in [1.29, 1.82) is 0 Å². The lowest BCUT2D eigenvalue weighted by Crippen LogP contribution is -2.05. The van der Waals surface area contributed by atoms with E-state index < -0.39 is 0 Å². The van der Waals surface area contributed by atoms with Crippen LogP contribution in [-0.2, 0) is 6.67 Å². The molecule has 5 heteroatoms. The zero-order valence-corrected chi connectivity index (χ0v) is 5.81. The van der Waals surface area contributed by atoms with Gasteiger partial charge in [-0.2, -0.15) is 0 Å². The van der Waals surface area contributed by atoms with Gasteiger partial charge < -0.3 is 10.3 Å². The van der Waals surface area contributed by atoms with Crippen molar-refractivity contribution in [3.8, 4) is 0 Å². The number of hydrogen-bond acceptors (Lipinski definition) is 4. The zero-order chi connectivity index (χ0) is 7.68. The normalized spacial score (nSPS) is 10.6. The zero-order valence-electron chi connectivity index (χ0n) is 5.81. The number of rotatable bonds is 1. The summed E-state index contributed by atoms with van der Waals surface area (Å²) in [6.07, 6.45) is 4.82. The van der Waals surface area contributed by atoms with E-state index in [9.17, 15) is 0 Å². The van der Waals surface area contributed by atoms with Crippen LogP contribution in [0, 0.1) is 0 Å². The van der Waals surface area contributed by atoms with Crippen molar-refractivity contribution < 1.29 is 0 Å². The Hall–Kier alpha value is -1.49. The van der Waals surface area contributed by atoms with Crippen molar-refractivity contribution in [2.24, 2.45) is 5.73 Å². The molecule has 0 saturated carbocycles. The Morgan fingerprint density at radius 1 is 1.45 bits per heavy atom. The quantitative estimate of drug-likeness (QED) is 0.606. The molecule has 0 bridgehead atoms. The number of nitrogens with zero attached hydrogens (tertiary/aromatic N) is 4. The summed E-state index contributed by atoms with van der Waals surface area (Å²) in [5.74, 6) is 0. The number of hydrogen-bond donors (Lipinski definition) is 1. The molecule has 0 fully saturated rings. The molecule has 0 radical (unpaired) electrons. The van der Waals surface area contributed by atoms with Gasteiger partial charge in [0.1, 0.15) is 11.8 Å². The summed E-state index contributed by atoms with van der Waals surface area (Å²) in [5.41, 5.74) is 6.98. The molecule has 11 heavy (non-hydrogen) atoms. The van der Waals surface area contributed by atoms with Crippen molar-refractivity contribution in [3.05, 3.63) is 18.9 Å². The maximum absolute atomic E-state index is 5.43. The van der Waals surface area contributed by atoms with Crippen LogP contribution in [0.3, 0.4) is 0 Å². The minimum absolute atomic E-state index is 0.407. The van der Waals surface area contributed by atoms with Crippen LogP contribution >= 0.6 is 0 Å². The van der Waals surface area contributed by atoms with Crippen LogP contribution in [0.4, 0.5) is 0 Å². The van der Waals surface area contributed by atoms with Crippen molar-refractivity contribution in [1.82, 2.24) is 19.5 Å². The van der Waals surface area contributed by atoms with E-state index in [1.54, 1.807) is 17.1 Å². The van der Waals surface area contributed by atoms with Gasteiger partial charge in [-0.05, 0) is 0 Å². The van der Waals surface area contributed by atoms with E-state index in [0.29, 0.717) is 12.3 Å². The molecule has 0 atom stereocenters. The lowest BCUT2D eigenvalue weighted by molar-refractivity contribution is 0.754. The lowest BCUT2D eigenvalue weighted by Gasteiger charge is -1.94. The van der Waals surface area contributed by atoms with Crippen LogP contribution in [0.1, 0.15) is 0 Å². The molecular weight excluding hydrogens is 142 g/mol. The first-order valence-electron chi connectivity index (χ1n) is 3.22. The third-order valence-corrected chi connectivity index (χ3v) is 1.50. The molecule has 0 aromatic carbocycles. The molecular formula is C6H7N5. The van der Waals surface area contributed by atoms with Crippen LogP contribution in [-0.4, -0.2) is 19.5 Å². The average molecular weight is 149 g/mol. The van der Waals surface area contributed by atoms with Crippen molar-refractivity contribution in [2.75, 3.05) is 0 Å². The smallest absolute Gasteiger partial charge is 0.180 e. The third kappa shape index (κ3) is 0.857. The Morgan fingerprint density at radius 3 is 3.18 bits per heavy atom. The Balaban J connectivity index is 2.76. The Kier molecular flexibility index (Phi) is 1.29. The van der Waals surface area contributed by atoms with Gasteiger partial charge in [-0.15, -0.1) is 0 Å². The highest BCUT2D eigenvalue weighted by Crippen LogP contribution is 2.05. The molecule has 0 amide bonds. The summed E-state index contributed by atoms with van der Waals surface area (Å²) < 4.78 is 1.79. The number of fused-ring (bicyclic) bond motifs is 1. The summed E-state index contributed by atoms with van der Waals surface area (Å²) in [4.78, 5) is 11.8. The summed E-state index contributed by atoms with van der Waals surface area (Å²) >= 11 is 0. The van der Waals surface area contributed by atoms with E-state index >= 15 is 0 Å². The molecule has 2 aromatic rings. The largest absolute Gasteiger partial charge is 0.315 e. The first-order chi connectivity index (χ1) is 5.42. The van der Waals surface area contributed by atoms with E-state index in [1.807, 2.05) is 0 Å². The fourth-order valence-electron chi connectivity index (χ4n) is 0.950. The first-order valence-corrected chi connectivity index (χ1v) is 3.22. The van der Waals surface area contributed by atoms with Gasteiger partial charge in [-0.1, -0.05) is 0 Å². The van der Waals surface area contributed by atoms with Crippen LogP contribution in [0.5, 0.6) is 0 Å². The standard InChI is InChI=1S/C6H7N5/c7-2-11-4-10-6-5(11)1-8-3-9-6/h1,3-4H,2,7H2. The SMILES string of the molecule is NCn1cnc2ncncc21. The second-order valence-electron chi connectivity index (χ2n) is 2.13. The lowest BCUT2D eigenvalue weighted by atomic mass is 10.5. The molecule has 0 saturated heterocycles. The molecule has 0 aliphatic rings. The van der Waals surface area contributed by atoms with E-state index in [-0.39, 0.29) is 0 Å². The van der Waals surface area contributed by atoms with Crippen LogP contribution in [0.2, 0.25) is 0 Å². The average Bonchev–Trinajstić information content (AvgIpc) is 2.47. The van der Waals surface area contributed by atoms with Crippen molar-refractivity contribution in [3.63, 3.8) is 0 Å². The van der Waals surface area contributed by atoms with Crippen molar-refractivity contribution >= 4 is 11.2 Å². The molecule has 2 rings (SSSR count). The van der Waals surface area contributed by atoms with Gasteiger partial charge in [0.05, 0.1) is 19.2 Å². The molecule has 56 valence electrons. The predicted molar refractivity (Wildman–Crippen MR) is 39.5 cm³/mol.